The molecule has 2 amide bonds. The highest BCUT2D eigenvalue weighted by Gasteiger charge is 2.18. The molecule has 2 aromatic rings. The van der Waals surface area contributed by atoms with Gasteiger partial charge in [0.2, 0.25) is 12.3 Å². The minimum absolute atomic E-state index is 0.120. The number of nitrogens with one attached hydrogen (secondary N) is 2. The SMILES string of the molecule is Cc1nc2cccc(NCC3CCOCC3)c2c(=O)n1C(C)CCC(=O)NC=O. The number of benzene rings is 1. The maximum Gasteiger partial charge on any atom is 0.263 e. The summed E-state index contributed by atoms with van der Waals surface area (Å²) in [6, 6.07) is 5.43. The topological polar surface area (TPSA) is 102 Å². The van der Waals surface area contributed by atoms with Gasteiger partial charge >= 0.3 is 0 Å². The molecule has 1 aromatic heterocycles. The van der Waals surface area contributed by atoms with Gasteiger partial charge in [-0.2, -0.15) is 0 Å². The molecule has 8 heteroatoms. The molecular weight excluding hydrogens is 372 g/mol. The van der Waals surface area contributed by atoms with Gasteiger partial charge in [0, 0.05) is 37.9 Å². The van der Waals surface area contributed by atoms with E-state index >= 15 is 0 Å². The second kappa shape index (κ2) is 9.65. The molecule has 0 aliphatic carbocycles. The molecule has 156 valence electrons. The van der Waals surface area contributed by atoms with E-state index in [-0.39, 0.29) is 23.9 Å². The molecule has 0 spiro atoms. The molecule has 29 heavy (non-hydrogen) atoms. The lowest BCUT2D eigenvalue weighted by Gasteiger charge is -2.23. The third-order valence-corrected chi connectivity index (χ3v) is 5.48. The highest BCUT2D eigenvalue weighted by molar-refractivity contribution is 5.90. The van der Waals surface area contributed by atoms with Crippen LogP contribution in [0.2, 0.25) is 0 Å². The van der Waals surface area contributed by atoms with Gasteiger partial charge < -0.3 is 10.1 Å². The molecule has 8 nitrogen and oxygen atoms in total. The average molecular weight is 400 g/mol. The Hall–Kier alpha value is -2.74. The van der Waals surface area contributed by atoms with Crippen LogP contribution in [0.5, 0.6) is 0 Å². The van der Waals surface area contributed by atoms with Crippen LogP contribution in [0, 0.1) is 12.8 Å². The van der Waals surface area contributed by atoms with Crippen molar-refractivity contribution in [2.24, 2.45) is 5.92 Å². The smallest absolute Gasteiger partial charge is 0.263 e. The third-order valence-electron chi connectivity index (χ3n) is 5.48. The lowest BCUT2D eigenvalue weighted by Crippen LogP contribution is -2.29. The van der Waals surface area contributed by atoms with Gasteiger partial charge in [0.15, 0.2) is 0 Å². The van der Waals surface area contributed by atoms with Gasteiger partial charge in [-0.15, -0.1) is 0 Å². The lowest BCUT2D eigenvalue weighted by atomic mass is 10.0. The van der Waals surface area contributed by atoms with E-state index in [9.17, 15) is 14.4 Å². The van der Waals surface area contributed by atoms with Crippen LogP contribution in [0.3, 0.4) is 0 Å². The number of carbonyl (C=O) groups excluding carboxylic acids is 2. The fraction of sp³-hybridized carbons (Fsp3) is 0.524. The molecule has 1 aliphatic rings. The molecule has 0 saturated carbocycles. The predicted molar refractivity (Wildman–Crippen MR) is 111 cm³/mol. The largest absolute Gasteiger partial charge is 0.384 e. The van der Waals surface area contributed by atoms with Crippen molar-refractivity contribution in [1.82, 2.24) is 14.9 Å². The van der Waals surface area contributed by atoms with Gasteiger partial charge in [0.1, 0.15) is 5.82 Å². The molecular formula is C21H28N4O4. The van der Waals surface area contributed by atoms with E-state index in [0.29, 0.717) is 35.5 Å². The van der Waals surface area contributed by atoms with E-state index in [2.05, 4.69) is 15.6 Å². The van der Waals surface area contributed by atoms with Crippen LogP contribution in [0.4, 0.5) is 5.69 Å². The van der Waals surface area contributed by atoms with Crippen molar-refractivity contribution in [2.75, 3.05) is 25.1 Å². The van der Waals surface area contributed by atoms with Crippen LogP contribution in [-0.4, -0.2) is 41.6 Å². The number of anilines is 1. The fourth-order valence-electron chi connectivity index (χ4n) is 3.83. The quantitative estimate of drug-likeness (QED) is 0.659. The van der Waals surface area contributed by atoms with E-state index in [1.807, 2.05) is 25.1 Å². The van der Waals surface area contributed by atoms with Crippen molar-refractivity contribution in [1.29, 1.82) is 0 Å². The first-order chi connectivity index (χ1) is 14.0. The van der Waals surface area contributed by atoms with E-state index < -0.39 is 0 Å². The van der Waals surface area contributed by atoms with Gasteiger partial charge in [-0.3, -0.25) is 24.3 Å². The summed E-state index contributed by atoms with van der Waals surface area (Å²) in [6.07, 6.45) is 3.00. The Balaban J connectivity index is 1.86. The van der Waals surface area contributed by atoms with Crippen LogP contribution in [0.15, 0.2) is 23.0 Å². The number of fused-ring (bicyclic) bond motifs is 1. The summed E-state index contributed by atoms with van der Waals surface area (Å²) in [5, 5.41) is 6.13. The van der Waals surface area contributed by atoms with Crippen molar-refractivity contribution in [2.45, 2.75) is 45.6 Å². The Morgan fingerprint density at radius 1 is 1.38 bits per heavy atom. The highest BCUT2D eigenvalue weighted by atomic mass is 16.5. The first kappa shape index (κ1) is 21.0. The molecule has 1 fully saturated rings. The predicted octanol–water partition coefficient (Wildman–Crippen LogP) is 2.16. The maximum absolute atomic E-state index is 13.3. The number of carbonyl (C=O) groups is 2. The molecule has 3 rings (SSSR count). The van der Waals surface area contributed by atoms with Gasteiger partial charge in [-0.1, -0.05) is 6.07 Å². The molecule has 2 heterocycles. The number of amides is 2. The number of hydrogen-bond donors (Lipinski definition) is 2. The normalized spacial score (nSPS) is 15.8. The summed E-state index contributed by atoms with van der Waals surface area (Å²) < 4.78 is 7.05. The van der Waals surface area contributed by atoms with Gasteiger partial charge in [-0.25, -0.2) is 4.98 Å². The lowest BCUT2D eigenvalue weighted by molar-refractivity contribution is -0.125. The molecule has 1 aromatic carbocycles. The number of imide groups is 1. The number of ether oxygens (including phenoxy) is 1. The number of nitrogens with zero attached hydrogens (tertiary/aromatic N) is 2. The van der Waals surface area contributed by atoms with E-state index in [0.717, 1.165) is 38.3 Å². The molecule has 0 bridgehead atoms. The maximum atomic E-state index is 13.3. The van der Waals surface area contributed by atoms with E-state index in [1.54, 1.807) is 11.5 Å². The Kier molecular flexibility index (Phi) is 6.98. The van der Waals surface area contributed by atoms with Crippen molar-refractivity contribution >= 4 is 28.9 Å². The van der Waals surface area contributed by atoms with Crippen LogP contribution in [0.1, 0.15) is 44.5 Å². The number of hydrogen-bond acceptors (Lipinski definition) is 6. The summed E-state index contributed by atoms with van der Waals surface area (Å²) in [6.45, 7) is 6.03. The molecule has 1 atom stereocenters. The van der Waals surface area contributed by atoms with Crippen molar-refractivity contribution in [3.63, 3.8) is 0 Å². The zero-order chi connectivity index (χ0) is 20.8. The highest BCUT2D eigenvalue weighted by Crippen LogP contribution is 2.23. The molecule has 1 aliphatic heterocycles. The first-order valence-corrected chi connectivity index (χ1v) is 10.1. The second-order valence-electron chi connectivity index (χ2n) is 7.54. The van der Waals surface area contributed by atoms with Crippen molar-refractivity contribution in [3.05, 3.63) is 34.4 Å². The summed E-state index contributed by atoms with van der Waals surface area (Å²) >= 11 is 0. The van der Waals surface area contributed by atoms with Crippen LogP contribution in [0.25, 0.3) is 10.9 Å². The number of aryl methyl sites for hydroxylation is 1. The summed E-state index contributed by atoms with van der Waals surface area (Å²) in [7, 11) is 0. The molecule has 1 unspecified atom stereocenters. The molecule has 2 N–H and O–H groups in total. The Labute approximate surface area is 169 Å². The second-order valence-corrected chi connectivity index (χ2v) is 7.54. The van der Waals surface area contributed by atoms with Crippen LogP contribution >= 0.6 is 0 Å². The van der Waals surface area contributed by atoms with Gasteiger partial charge in [-0.05, 0) is 51.2 Å². The van der Waals surface area contributed by atoms with Crippen molar-refractivity contribution < 1.29 is 14.3 Å². The van der Waals surface area contributed by atoms with Crippen LogP contribution in [-0.2, 0) is 14.3 Å². The van der Waals surface area contributed by atoms with Gasteiger partial charge in [0.05, 0.1) is 10.9 Å². The summed E-state index contributed by atoms with van der Waals surface area (Å²) in [4.78, 5) is 39.9. The summed E-state index contributed by atoms with van der Waals surface area (Å²) in [5.74, 6) is 0.771. The number of aromatic nitrogens is 2. The fourth-order valence-corrected chi connectivity index (χ4v) is 3.83. The first-order valence-electron chi connectivity index (χ1n) is 10.1. The zero-order valence-electron chi connectivity index (χ0n) is 16.9. The Bertz CT molecular complexity index is 934. The third kappa shape index (κ3) is 5.00. The molecule has 1 saturated heterocycles. The molecule has 0 radical (unpaired) electrons. The number of rotatable bonds is 8. The minimum atomic E-state index is -0.356. The van der Waals surface area contributed by atoms with Gasteiger partial charge in [0.25, 0.3) is 5.56 Å². The zero-order valence-corrected chi connectivity index (χ0v) is 16.9. The Morgan fingerprint density at radius 3 is 2.86 bits per heavy atom. The van der Waals surface area contributed by atoms with E-state index in [4.69, 9.17) is 4.74 Å². The van der Waals surface area contributed by atoms with E-state index in [1.165, 1.54) is 0 Å². The van der Waals surface area contributed by atoms with Crippen molar-refractivity contribution in [3.8, 4) is 0 Å². The standard InChI is InChI=1S/C21H28N4O4/c1-14(6-7-19(27)23-13-26)25-15(2)24-18-5-3-4-17(20(18)21(25)28)22-12-16-8-10-29-11-9-16/h3-5,13-14,16,22H,6-12H2,1-2H3,(H,23,26,27). The van der Waals surface area contributed by atoms with Crippen LogP contribution < -0.4 is 16.2 Å². The summed E-state index contributed by atoms with van der Waals surface area (Å²) in [5.41, 5.74) is 1.32. The minimum Gasteiger partial charge on any atom is -0.384 e. The average Bonchev–Trinajstić information content (AvgIpc) is 2.71. The monoisotopic (exact) mass is 400 g/mol. The Morgan fingerprint density at radius 2 is 2.14 bits per heavy atom.